The molecule has 0 aromatic rings. The molecule has 0 aliphatic carbocycles. The van der Waals surface area contributed by atoms with Crippen LogP contribution in [0.4, 0.5) is 0 Å². The highest BCUT2D eigenvalue weighted by Gasteiger charge is 1.97. The zero-order valence-corrected chi connectivity index (χ0v) is 9.51. The topological polar surface area (TPSA) is 133 Å². The highest BCUT2D eigenvalue weighted by atomic mass is 16.4. The SMILES string of the molecule is C=CC(=O)NCC(=O)O.C=CC(=O)NCC(=O)O. The van der Waals surface area contributed by atoms with E-state index in [1.165, 1.54) is 0 Å². The molecule has 0 atom stereocenters. The molecule has 0 aromatic carbocycles. The van der Waals surface area contributed by atoms with Crippen LogP contribution >= 0.6 is 0 Å². The lowest BCUT2D eigenvalue weighted by Gasteiger charge is -1.93. The average molecular weight is 258 g/mol. The maximum Gasteiger partial charge on any atom is 0.322 e. The van der Waals surface area contributed by atoms with Crippen molar-refractivity contribution in [1.29, 1.82) is 0 Å². The van der Waals surface area contributed by atoms with E-state index in [9.17, 15) is 19.2 Å². The standard InChI is InChI=1S/2C5H7NO3/c2*1-2-4(7)6-3-5(8)9/h2*2H,1,3H2,(H,6,7)(H,8,9). The quantitative estimate of drug-likeness (QED) is 0.440. The van der Waals surface area contributed by atoms with E-state index in [1.807, 2.05) is 0 Å². The fourth-order valence-electron chi connectivity index (χ4n) is 0.470. The van der Waals surface area contributed by atoms with Crippen molar-refractivity contribution in [2.24, 2.45) is 0 Å². The summed E-state index contributed by atoms with van der Waals surface area (Å²) >= 11 is 0. The summed E-state index contributed by atoms with van der Waals surface area (Å²) in [6.07, 6.45) is 2.03. The maximum atomic E-state index is 10.2. The third-order valence-electron chi connectivity index (χ3n) is 1.20. The van der Waals surface area contributed by atoms with Crippen LogP contribution in [0.15, 0.2) is 25.3 Å². The van der Waals surface area contributed by atoms with Crippen molar-refractivity contribution in [3.8, 4) is 0 Å². The third-order valence-corrected chi connectivity index (χ3v) is 1.20. The van der Waals surface area contributed by atoms with E-state index in [0.717, 1.165) is 12.2 Å². The summed E-state index contributed by atoms with van der Waals surface area (Å²) in [5.74, 6) is -3.08. The zero-order chi connectivity index (χ0) is 14.6. The Morgan fingerprint density at radius 2 is 1.11 bits per heavy atom. The molecule has 0 bridgehead atoms. The predicted octanol–water partition coefficient (Wildman–Crippen LogP) is -1.25. The first kappa shape index (κ1) is 17.7. The second-order valence-electron chi connectivity index (χ2n) is 2.63. The van der Waals surface area contributed by atoms with Crippen LogP contribution < -0.4 is 10.6 Å². The lowest BCUT2D eigenvalue weighted by atomic mass is 10.5. The van der Waals surface area contributed by atoms with Crippen LogP contribution in [0.2, 0.25) is 0 Å². The van der Waals surface area contributed by atoms with Gasteiger partial charge >= 0.3 is 11.9 Å². The zero-order valence-electron chi connectivity index (χ0n) is 9.51. The molecule has 18 heavy (non-hydrogen) atoms. The minimum absolute atomic E-state index is 0.356. The number of hydrogen-bond donors (Lipinski definition) is 4. The number of hydrogen-bond acceptors (Lipinski definition) is 4. The van der Waals surface area contributed by atoms with Gasteiger partial charge in [-0.2, -0.15) is 0 Å². The number of amides is 2. The summed E-state index contributed by atoms with van der Waals surface area (Å²) in [5.41, 5.74) is 0. The lowest BCUT2D eigenvalue weighted by Crippen LogP contribution is -2.27. The Morgan fingerprint density at radius 1 is 0.833 bits per heavy atom. The second kappa shape index (κ2) is 10.9. The van der Waals surface area contributed by atoms with E-state index in [4.69, 9.17) is 10.2 Å². The first-order chi connectivity index (χ1) is 8.33. The molecule has 0 aliphatic rings. The molecular formula is C10H14N2O6. The van der Waals surface area contributed by atoms with E-state index in [0.29, 0.717) is 0 Å². The lowest BCUT2D eigenvalue weighted by molar-refractivity contribution is -0.137. The van der Waals surface area contributed by atoms with Gasteiger partial charge in [-0.15, -0.1) is 0 Å². The van der Waals surface area contributed by atoms with Gasteiger partial charge < -0.3 is 20.8 Å². The molecule has 0 radical (unpaired) electrons. The first-order valence-electron chi connectivity index (χ1n) is 4.57. The van der Waals surface area contributed by atoms with Gasteiger partial charge in [0, 0.05) is 0 Å². The summed E-state index contributed by atoms with van der Waals surface area (Å²) in [6.45, 7) is 5.55. The average Bonchev–Trinajstić information content (AvgIpc) is 2.33. The van der Waals surface area contributed by atoms with Gasteiger partial charge in [-0.05, 0) is 12.2 Å². The third kappa shape index (κ3) is 15.8. The van der Waals surface area contributed by atoms with Gasteiger partial charge in [0.1, 0.15) is 13.1 Å². The normalized spacial score (nSPS) is 8.00. The molecule has 0 saturated heterocycles. The Kier molecular flexibility index (Phi) is 10.7. The molecule has 0 unspecified atom stereocenters. The number of carbonyl (C=O) groups is 4. The summed E-state index contributed by atoms with van der Waals surface area (Å²) in [7, 11) is 0. The Balaban J connectivity index is 0. The molecular weight excluding hydrogens is 244 g/mol. The van der Waals surface area contributed by atoms with E-state index < -0.39 is 23.8 Å². The van der Waals surface area contributed by atoms with Crippen LogP contribution in [-0.2, 0) is 19.2 Å². The molecule has 0 rings (SSSR count). The molecule has 2 amide bonds. The number of nitrogens with one attached hydrogen (secondary N) is 2. The summed E-state index contributed by atoms with van der Waals surface area (Å²) in [5, 5.41) is 20.2. The van der Waals surface area contributed by atoms with E-state index in [2.05, 4.69) is 23.8 Å². The monoisotopic (exact) mass is 258 g/mol. The van der Waals surface area contributed by atoms with E-state index >= 15 is 0 Å². The number of carbonyl (C=O) groups excluding carboxylic acids is 2. The Labute approximate surface area is 103 Å². The van der Waals surface area contributed by atoms with E-state index in [1.54, 1.807) is 0 Å². The van der Waals surface area contributed by atoms with Gasteiger partial charge in [0.15, 0.2) is 0 Å². The first-order valence-corrected chi connectivity index (χ1v) is 4.57. The van der Waals surface area contributed by atoms with Crippen molar-refractivity contribution in [3.63, 3.8) is 0 Å². The van der Waals surface area contributed by atoms with Crippen LogP contribution in [0, 0.1) is 0 Å². The largest absolute Gasteiger partial charge is 0.480 e. The van der Waals surface area contributed by atoms with Crippen molar-refractivity contribution in [1.82, 2.24) is 10.6 Å². The van der Waals surface area contributed by atoms with Gasteiger partial charge in [-0.3, -0.25) is 19.2 Å². The summed E-state index contributed by atoms with van der Waals surface area (Å²) in [4.78, 5) is 40.0. The van der Waals surface area contributed by atoms with Crippen LogP contribution in [0.25, 0.3) is 0 Å². The molecule has 0 heterocycles. The summed E-state index contributed by atoms with van der Waals surface area (Å²) in [6, 6.07) is 0. The van der Waals surface area contributed by atoms with Gasteiger partial charge in [-0.1, -0.05) is 13.2 Å². The Morgan fingerprint density at radius 3 is 1.28 bits per heavy atom. The Bertz CT molecular complexity index is 316. The predicted molar refractivity (Wildman–Crippen MR) is 61.7 cm³/mol. The van der Waals surface area contributed by atoms with Gasteiger partial charge in [0.05, 0.1) is 0 Å². The number of rotatable bonds is 6. The van der Waals surface area contributed by atoms with Crippen LogP contribution in [-0.4, -0.2) is 47.1 Å². The van der Waals surface area contributed by atoms with Crippen molar-refractivity contribution in [2.45, 2.75) is 0 Å². The van der Waals surface area contributed by atoms with Gasteiger partial charge in [0.2, 0.25) is 11.8 Å². The number of carboxylic acid groups (broad SMARTS) is 2. The van der Waals surface area contributed by atoms with Gasteiger partial charge in [0.25, 0.3) is 0 Å². The van der Waals surface area contributed by atoms with Crippen LogP contribution in [0.1, 0.15) is 0 Å². The fourth-order valence-corrected chi connectivity index (χ4v) is 0.470. The fraction of sp³-hybridized carbons (Fsp3) is 0.200. The molecule has 0 aliphatic heterocycles. The molecule has 0 fully saturated rings. The van der Waals surface area contributed by atoms with E-state index in [-0.39, 0.29) is 13.1 Å². The van der Waals surface area contributed by atoms with Crippen molar-refractivity contribution in [2.75, 3.05) is 13.1 Å². The molecule has 8 nitrogen and oxygen atoms in total. The Hall–Kier alpha value is -2.64. The van der Waals surface area contributed by atoms with Crippen molar-refractivity contribution < 1.29 is 29.4 Å². The molecule has 0 spiro atoms. The number of carboxylic acids is 2. The van der Waals surface area contributed by atoms with Crippen LogP contribution in [0.3, 0.4) is 0 Å². The summed E-state index contributed by atoms with van der Waals surface area (Å²) < 4.78 is 0. The highest BCUT2D eigenvalue weighted by molar-refractivity contribution is 5.89. The smallest absolute Gasteiger partial charge is 0.322 e. The maximum absolute atomic E-state index is 10.2. The minimum atomic E-state index is -1.06. The number of aliphatic carboxylic acids is 2. The molecule has 0 aromatic heterocycles. The molecule has 100 valence electrons. The highest BCUT2D eigenvalue weighted by Crippen LogP contribution is 1.65. The molecule has 8 heteroatoms. The van der Waals surface area contributed by atoms with Crippen molar-refractivity contribution >= 4 is 23.8 Å². The van der Waals surface area contributed by atoms with Crippen LogP contribution in [0.5, 0.6) is 0 Å². The van der Waals surface area contributed by atoms with Crippen molar-refractivity contribution in [3.05, 3.63) is 25.3 Å². The molecule has 0 saturated carbocycles. The van der Waals surface area contributed by atoms with Gasteiger partial charge in [-0.25, -0.2) is 0 Å². The molecule has 4 N–H and O–H groups in total. The minimum Gasteiger partial charge on any atom is -0.480 e. The second-order valence-corrected chi connectivity index (χ2v) is 2.63.